The summed E-state index contributed by atoms with van der Waals surface area (Å²) < 4.78 is 22.3. The number of carbonyl (C=O) groups is 4. The monoisotopic (exact) mass is 667 g/mol. The van der Waals surface area contributed by atoms with Gasteiger partial charge in [-0.2, -0.15) is 0 Å². The van der Waals surface area contributed by atoms with Crippen LogP contribution in [0.25, 0.3) is 5.57 Å². The summed E-state index contributed by atoms with van der Waals surface area (Å²) in [4.78, 5) is 55.5. The van der Waals surface area contributed by atoms with Gasteiger partial charge in [0.1, 0.15) is 17.6 Å². The number of aliphatic hydroxyl groups excluding tert-OH is 1. The number of Topliss-reactive ketones (excluding diaryl/α,β-unsaturated/α-hetero) is 2. The Balaban J connectivity index is 2.20. The Bertz CT molecular complexity index is 1470. The highest BCUT2D eigenvalue weighted by Crippen LogP contribution is 2.34. The lowest BCUT2D eigenvalue weighted by atomic mass is 9.82. The smallest absolute Gasteiger partial charge is 0.293 e. The van der Waals surface area contributed by atoms with E-state index in [-0.39, 0.29) is 46.2 Å². The number of hydrogen-bond acceptors (Lipinski definition) is 11. The van der Waals surface area contributed by atoms with Crippen LogP contribution in [0.3, 0.4) is 0 Å². The number of amides is 1. The van der Waals surface area contributed by atoms with Gasteiger partial charge in [-0.05, 0) is 64.4 Å². The molecule has 48 heavy (non-hydrogen) atoms. The van der Waals surface area contributed by atoms with E-state index in [2.05, 4.69) is 10.6 Å². The van der Waals surface area contributed by atoms with Crippen molar-refractivity contribution in [1.82, 2.24) is 15.5 Å². The van der Waals surface area contributed by atoms with Crippen LogP contribution in [0.15, 0.2) is 75.2 Å². The van der Waals surface area contributed by atoms with Crippen molar-refractivity contribution in [1.29, 1.82) is 0 Å². The number of ketones is 2. The molecule has 3 rings (SSSR count). The predicted molar refractivity (Wildman–Crippen MR) is 180 cm³/mol. The Labute approximate surface area is 282 Å². The van der Waals surface area contributed by atoms with Gasteiger partial charge in [0.05, 0.1) is 29.7 Å². The summed E-state index contributed by atoms with van der Waals surface area (Å²) in [5, 5.41) is 17.3. The quantitative estimate of drug-likeness (QED) is 0.202. The number of allylic oxidation sites excluding steroid dienone is 4. The summed E-state index contributed by atoms with van der Waals surface area (Å²) in [6, 6.07) is 3.17. The third kappa shape index (κ3) is 9.50. The van der Waals surface area contributed by atoms with Gasteiger partial charge in [0.25, 0.3) is 12.4 Å². The molecule has 1 aliphatic carbocycles. The first-order chi connectivity index (χ1) is 22.8. The number of methoxy groups -OCH3 is 2. The zero-order valence-corrected chi connectivity index (χ0v) is 29.1. The molecule has 0 unspecified atom stereocenters. The van der Waals surface area contributed by atoms with Crippen LogP contribution in [-0.2, 0) is 33.4 Å². The maximum absolute atomic E-state index is 14.4. The van der Waals surface area contributed by atoms with Gasteiger partial charge in [-0.25, -0.2) is 0 Å². The minimum Gasteiger partial charge on any atom is -0.464 e. The van der Waals surface area contributed by atoms with Gasteiger partial charge in [0, 0.05) is 44.4 Å². The molecule has 1 aliphatic heterocycles. The number of rotatable bonds is 9. The molecule has 3 N–H and O–H groups in total. The van der Waals surface area contributed by atoms with Gasteiger partial charge in [-0.1, -0.05) is 38.2 Å². The van der Waals surface area contributed by atoms with Crippen molar-refractivity contribution in [3.8, 4) is 0 Å². The van der Waals surface area contributed by atoms with E-state index in [0.29, 0.717) is 31.6 Å². The second-order valence-corrected chi connectivity index (χ2v) is 12.6. The average molecular weight is 668 g/mol. The lowest BCUT2D eigenvalue weighted by Crippen LogP contribution is -2.40. The second-order valence-electron chi connectivity index (χ2n) is 12.6. The summed E-state index contributed by atoms with van der Waals surface area (Å²) in [5.74, 6) is -2.10. The summed E-state index contributed by atoms with van der Waals surface area (Å²) in [7, 11) is 6.78. The standard InChI is InChI=1S/C36H49N3O9/c1-21-17-25-30(37-14-15-39(5)6)34(43)29(26-13-10-16-47-26)31(33(25)42)38-36(44)22(2)11-9-12-27(45-7)35(48-20-40)24(4)19-23(3)32(41)28(18-21)46-8/h9-13,16,19-21,23,27-28,32,35,37,41H,14-15,17-18H2,1-8H3,(H,38,44)/b12-9-,22-11+,24-19+/t21-,23+,27+,28+,32-,35+/m1/s1. The molecule has 2 aliphatic rings. The third-order valence-corrected chi connectivity index (χ3v) is 8.54. The number of aliphatic hydroxyl groups is 1. The largest absolute Gasteiger partial charge is 0.464 e. The SMILES string of the molecule is CO[C@H]1/C=C\C=C(/C)C(=O)NC2=C(c3ccco3)C(=O)C(NCCN(C)C)=C(C[C@@H](C)C[C@H](OC)[C@H](O)[C@@H](C)/C=C(\C)[C@@H]1OC=O)C2=O. The molecule has 0 saturated carbocycles. The molecule has 0 aromatic carbocycles. The zero-order chi connectivity index (χ0) is 35.5. The van der Waals surface area contributed by atoms with Crippen molar-refractivity contribution in [3.05, 3.63) is 76.6 Å². The van der Waals surface area contributed by atoms with Gasteiger partial charge >= 0.3 is 0 Å². The van der Waals surface area contributed by atoms with Gasteiger partial charge in [-0.3, -0.25) is 19.2 Å². The van der Waals surface area contributed by atoms with Crippen LogP contribution in [0, 0.1) is 11.8 Å². The van der Waals surface area contributed by atoms with Crippen molar-refractivity contribution < 1.29 is 42.9 Å². The van der Waals surface area contributed by atoms with E-state index in [0.717, 1.165) is 0 Å². The van der Waals surface area contributed by atoms with Crippen molar-refractivity contribution in [2.75, 3.05) is 41.4 Å². The van der Waals surface area contributed by atoms with Crippen LogP contribution in [0.2, 0.25) is 0 Å². The Morgan fingerprint density at radius 3 is 2.46 bits per heavy atom. The number of likely N-dealkylation sites (N-methyl/N-ethyl adjacent to an activating group) is 1. The summed E-state index contributed by atoms with van der Waals surface area (Å²) in [5.41, 5.74) is 1.03. The molecule has 262 valence electrons. The molecule has 2 heterocycles. The van der Waals surface area contributed by atoms with Crippen LogP contribution in [0.4, 0.5) is 0 Å². The molecule has 6 atom stereocenters. The van der Waals surface area contributed by atoms with Gasteiger partial charge in [0.15, 0.2) is 6.10 Å². The molecule has 0 radical (unpaired) electrons. The minimum atomic E-state index is -0.954. The fourth-order valence-corrected chi connectivity index (χ4v) is 5.87. The van der Waals surface area contributed by atoms with Crippen molar-refractivity contribution in [2.45, 2.75) is 65.0 Å². The number of carbonyl (C=O) groups excluding carboxylic acids is 4. The maximum atomic E-state index is 14.4. The summed E-state index contributed by atoms with van der Waals surface area (Å²) >= 11 is 0. The molecule has 1 aromatic heterocycles. The first kappa shape index (κ1) is 38.3. The second kappa shape index (κ2) is 17.9. The first-order valence-electron chi connectivity index (χ1n) is 16.0. The molecule has 0 fully saturated rings. The van der Waals surface area contributed by atoms with Gasteiger partial charge in [-0.15, -0.1) is 0 Å². The lowest BCUT2D eigenvalue weighted by molar-refractivity contribution is -0.136. The molecule has 0 saturated heterocycles. The molecule has 2 bridgehead atoms. The van der Waals surface area contributed by atoms with Crippen molar-refractivity contribution >= 4 is 29.5 Å². The van der Waals surface area contributed by atoms with Crippen molar-refractivity contribution in [3.63, 3.8) is 0 Å². The molecular weight excluding hydrogens is 618 g/mol. The number of ether oxygens (including phenoxy) is 3. The van der Waals surface area contributed by atoms with Crippen LogP contribution in [0.1, 0.15) is 46.3 Å². The van der Waals surface area contributed by atoms with E-state index in [1.54, 1.807) is 38.1 Å². The van der Waals surface area contributed by atoms with Crippen LogP contribution < -0.4 is 10.6 Å². The molecule has 1 amide bonds. The number of nitrogens with one attached hydrogen (secondary N) is 2. The first-order valence-corrected chi connectivity index (χ1v) is 16.0. The minimum absolute atomic E-state index is 0.0507. The van der Waals surface area contributed by atoms with E-state index in [4.69, 9.17) is 18.6 Å². The predicted octanol–water partition coefficient (Wildman–Crippen LogP) is 3.11. The zero-order valence-electron chi connectivity index (χ0n) is 29.1. The summed E-state index contributed by atoms with van der Waals surface area (Å²) in [6.07, 6.45) is 5.34. The normalized spacial score (nSPS) is 29.6. The Hall–Kier alpha value is -4.10. The maximum Gasteiger partial charge on any atom is 0.293 e. The third-order valence-electron chi connectivity index (χ3n) is 8.54. The fraction of sp³-hybridized carbons (Fsp3) is 0.500. The summed E-state index contributed by atoms with van der Waals surface area (Å²) in [6.45, 7) is 8.42. The number of hydrogen-bond donors (Lipinski definition) is 3. The highest BCUT2D eigenvalue weighted by atomic mass is 16.6. The highest BCUT2D eigenvalue weighted by Gasteiger charge is 2.38. The fourth-order valence-electron chi connectivity index (χ4n) is 5.87. The van der Waals surface area contributed by atoms with E-state index in [1.807, 2.05) is 38.9 Å². The number of nitrogens with zero attached hydrogens (tertiary/aromatic N) is 1. The number of furan rings is 1. The number of fused-ring (bicyclic) bond motifs is 2. The topological polar surface area (TPSA) is 157 Å². The van der Waals surface area contributed by atoms with Gasteiger partial charge in [0.2, 0.25) is 11.6 Å². The van der Waals surface area contributed by atoms with Gasteiger partial charge < -0.3 is 39.3 Å². The molecule has 12 heteroatoms. The van der Waals surface area contributed by atoms with Crippen LogP contribution in [-0.4, -0.2) is 99.8 Å². The molecule has 12 nitrogen and oxygen atoms in total. The van der Waals surface area contributed by atoms with Crippen LogP contribution in [0.5, 0.6) is 0 Å². The molecular formula is C36H49N3O9. The lowest BCUT2D eigenvalue weighted by Gasteiger charge is -2.30. The molecule has 0 spiro atoms. The highest BCUT2D eigenvalue weighted by molar-refractivity contribution is 6.39. The van der Waals surface area contributed by atoms with E-state index in [9.17, 15) is 24.3 Å². The average Bonchev–Trinajstić information content (AvgIpc) is 3.58. The Morgan fingerprint density at radius 2 is 1.85 bits per heavy atom. The van der Waals surface area contributed by atoms with E-state index in [1.165, 1.54) is 26.6 Å². The van der Waals surface area contributed by atoms with E-state index < -0.39 is 47.8 Å². The Morgan fingerprint density at radius 1 is 1.12 bits per heavy atom. The van der Waals surface area contributed by atoms with E-state index >= 15 is 0 Å². The van der Waals surface area contributed by atoms with Crippen molar-refractivity contribution in [2.24, 2.45) is 11.8 Å². The van der Waals surface area contributed by atoms with Crippen LogP contribution >= 0.6 is 0 Å². The Kier molecular flexibility index (Phi) is 14.3. The molecule has 1 aromatic rings.